The van der Waals surface area contributed by atoms with Gasteiger partial charge < -0.3 is 10.2 Å². The van der Waals surface area contributed by atoms with Gasteiger partial charge in [0.25, 0.3) is 11.8 Å². The number of nitrogens with zero attached hydrogens (tertiary/aromatic N) is 2. The fraction of sp³-hybridized carbons (Fsp3) is 0.227. The van der Waals surface area contributed by atoms with E-state index >= 15 is 0 Å². The third-order valence-corrected chi connectivity index (χ3v) is 5.73. The van der Waals surface area contributed by atoms with E-state index in [2.05, 4.69) is 20.8 Å². The van der Waals surface area contributed by atoms with Gasteiger partial charge in [-0.05, 0) is 29.7 Å². The molecule has 31 heavy (non-hydrogen) atoms. The molecule has 0 aliphatic carbocycles. The summed E-state index contributed by atoms with van der Waals surface area (Å²) < 4.78 is 0. The lowest BCUT2D eigenvalue weighted by Gasteiger charge is -2.29. The lowest BCUT2D eigenvalue weighted by Crippen LogP contribution is -2.52. The molecule has 1 aromatic heterocycles. The summed E-state index contributed by atoms with van der Waals surface area (Å²) in [5, 5.41) is 12.8. The van der Waals surface area contributed by atoms with Crippen LogP contribution in [0.2, 0.25) is 0 Å². The van der Waals surface area contributed by atoms with E-state index in [-0.39, 0.29) is 30.7 Å². The van der Waals surface area contributed by atoms with Crippen molar-refractivity contribution >= 4 is 34.5 Å². The van der Waals surface area contributed by atoms with Gasteiger partial charge in [-0.25, -0.2) is 0 Å². The minimum atomic E-state index is -0.645. The number of nitrogens with one attached hydrogen (secondary N) is 3. The summed E-state index contributed by atoms with van der Waals surface area (Å²) in [5.74, 6) is -1.26. The number of fused-ring (bicyclic) bond motifs is 2. The van der Waals surface area contributed by atoms with E-state index in [1.807, 2.05) is 30.3 Å². The van der Waals surface area contributed by atoms with Crippen LogP contribution in [0.4, 0.5) is 0 Å². The van der Waals surface area contributed by atoms with Gasteiger partial charge in [-0.15, -0.1) is 0 Å². The number of amides is 4. The van der Waals surface area contributed by atoms with Crippen LogP contribution in [0.15, 0.2) is 42.5 Å². The summed E-state index contributed by atoms with van der Waals surface area (Å²) in [6.07, 6.45) is 0.542. The SMILES string of the molecule is O=C1CCC(N2Cc3cc(CNC(=O)c4n[nH]c5ccccc45)ccc3C2=O)C(=O)N1. The maximum Gasteiger partial charge on any atom is 0.272 e. The average molecular weight is 417 g/mol. The van der Waals surface area contributed by atoms with Crippen LogP contribution in [0.25, 0.3) is 10.9 Å². The predicted molar refractivity (Wildman–Crippen MR) is 110 cm³/mol. The number of aromatic nitrogens is 2. The Morgan fingerprint density at radius 2 is 2.00 bits per heavy atom. The molecule has 3 N–H and O–H groups in total. The van der Waals surface area contributed by atoms with Gasteiger partial charge in [0, 0.05) is 30.5 Å². The molecule has 1 atom stereocenters. The van der Waals surface area contributed by atoms with Crippen molar-refractivity contribution in [1.82, 2.24) is 25.7 Å². The molecule has 0 bridgehead atoms. The van der Waals surface area contributed by atoms with Crippen molar-refractivity contribution < 1.29 is 19.2 Å². The van der Waals surface area contributed by atoms with E-state index in [0.29, 0.717) is 24.2 Å². The van der Waals surface area contributed by atoms with Gasteiger partial charge in [-0.2, -0.15) is 5.10 Å². The Morgan fingerprint density at radius 1 is 1.16 bits per heavy atom. The minimum Gasteiger partial charge on any atom is -0.347 e. The largest absolute Gasteiger partial charge is 0.347 e. The van der Waals surface area contributed by atoms with Crippen LogP contribution in [0.5, 0.6) is 0 Å². The van der Waals surface area contributed by atoms with Gasteiger partial charge >= 0.3 is 0 Å². The third kappa shape index (κ3) is 3.33. The molecule has 5 rings (SSSR count). The molecule has 3 heterocycles. The van der Waals surface area contributed by atoms with E-state index in [0.717, 1.165) is 22.0 Å². The Balaban J connectivity index is 1.29. The zero-order chi connectivity index (χ0) is 21.5. The number of hydrogen-bond acceptors (Lipinski definition) is 5. The highest BCUT2D eigenvalue weighted by Gasteiger charge is 2.39. The third-order valence-electron chi connectivity index (χ3n) is 5.73. The molecule has 1 saturated heterocycles. The fourth-order valence-corrected chi connectivity index (χ4v) is 4.14. The molecule has 0 spiro atoms. The van der Waals surface area contributed by atoms with Gasteiger partial charge in [0.2, 0.25) is 11.8 Å². The number of aromatic amines is 1. The maximum absolute atomic E-state index is 12.8. The standard InChI is InChI=1S/C22H19N5O4/c28-18-8-7-17(20(29)24-18)27-11-13-9-12(5-6-14(13)22(27)31)10-23-21(30)19-15-3-1-2-4-16(15)25-26-19/h1-6,9,17H,7-8,10-11H2,(H,23,30)(H,25,26)(H,24,28,29). The second-order valence-electron chi connectivity index (χ2n) is 7.69. The molecule has 9 heteroatoms. The Bertz CT molecular complexity index is 1250. The van der Waals surface area contributed by atoms with Gasteiger partial charge in [0.1, 0.15) is 6.04 Å². The Morgan fingerprint density at radius 3 is 2.84 bits per heavy atom. The van der Waals surface area contributed by atoms with Gasteiger partial charge in [0.05, 0.1) is 5.52 Å². The Hall–Kier alpha value is -4.01. The summed E-state index contributed by atoms with van der Waals surface area (Å²) in [7, 11) is 0. The molecule has 3 aromatic rings. The first-order chi connectivity index (χ1) is 15.0. The highest BCUT2D eigenvalue weighted by molar-refractivity contribution is 6.06. The topological polar surface area (TPSA) is 124 Å². The number of hydrogen-bond donors (Lipinski definition) is 3. The molecular weight excluding hydrogens is 398 g/mol. The Kier molecular flexibility index (Phi) is 4.50. The molecule has 1 unspecified atom stereocenters. The first-order valence-electron chi connectivity index (χ1n) is 9.99. The predicted octanol–water partition coefficient (Wildman–Crippen LogP) is 1.25. The summed E-state index contributed by atoms with van der Waals surface area (Å²) in [6, 6.07) is 12.1. The van der Waals surface area contributed by atoms with Crippen molar-refractivity contribution in [3.63, 3.8) is 0 Å². The van der Waals surface area contributed by atoms with Crippen molar-refractivity contribution in [1.29, 1.82) is 0 Å². The van der Waals surface area contributed by atoms with Crippen molar-refractivity contribution in [2.24, 2.45) is 0 Å². The monoisotopic (exact) mass is 417 g/mol. The van der Waals surface area contributed by atoms with Crippen molar-refractivity contribution in [2.45, 2.75) is 32.0 Å². The van der Waals surface area contributed by atoms with E-state index < -0.39 is 11.9 Å². The van der Waals surface area contributed by atoms with Crippen LogP contribution in [-0.4, -0.2) is 44.8 Å². The second-order valence-corrected chi connectivity index (χ2v) is 7.69. The number of rotatable bonds is 4. The summed E-state index contributed by atoms with van der Waals surface area (Å²) >= 11 is 0. The van der Waals surface area contributed by atoms with Crippen LogP contribution in [-0.2, 0) is 22.7 Å². The number of piperidine rings is 1. The van der Waals surface area contributed by atoms with Crippen LogP contribution in [0.3, 0.4) is 0 Å². The first-order valence-corrected chi connectivity index (χ1v) is 9.99. The average Bonchev–Trinajstić information content (AvgIpc) is 3.33. The van der Waals surface area contributed by atoms with Crippen LogP contribution in [0, 0.1) is 0 Å². The molecule has 4 amide bonds. The molecule has 0 saturated carbocycles. The van der Waals surface area contributed by atoms with Crippen molar-refractivity contribution in [3.05, 3.63) is 64.8 Å². The fourth-order valence-electron chi connectivity index (χ4n) is 4.14. The molecular formula is C22H19N5O4. The van der Waals surface area contributed by atoms with Crippen LogP contribution in [0.1, 0.15) is 44.8 Å². The second kappa shape index (κ2) is 7.35. The molecule has 156 valence electrons. The number of imide groups is 1. The van der Waals surface area contributed by atoms with Gasteiger partial charge in [0.15, 0.2) is 5.69 Å². The number of carbonyl (C=O) groups is 4. The Labute approximate surface area is 176 Å². The van der Waals surface area contributed by atoms with Crippen molar-refractivity contribution in [3.8, 4) is 0 Å². The molecule has 2 aromatic carbocycles. The first kappa shape index (κ1) is 19.0. The zero-order valence-corrected chi connectivity index (χ0v) is 16.5. The summed E-state index contributed by atoms with van der Waals surface area (Å²) in [6.45, 7) is 0.576. The quantitative estimate of drug-likeness (QED) is 0.551. The van der Waals surface area contributed by atoms with Gasteiger partial charge in [-0.1, -0.05) is 30.3 Å². The lowest BCUT2D eigenvalue weighted by atomic mass is 10.0. The van der Waals surface area contributed by atoms with Crippen molar-refractivity contribution in [2.75, 3.05) is 0 Å². The van der Waals surface area contributed by atoms with Crippen LogP contribution < -0.4 is 10.6 Å². The summed E-state index contributed by atoms with van der Waals surface area (Å²) in [5.41, 5.74) is 3.29. The number of para-hydroxylation sites is 1. The minimum absolute atomic E-state index is 0.218. The van der Waals surface area contributed by atoms with Crippen LogP contribution >= 0.6 is 0 Å². The maximum atomic E-state index is 12.8. The smallest absolute Gasteiger partial charge is 0.272 e. The number of benzene rings is 2. The number of H-pyrrole nitrogens is 1. The zero-order valence-electron chi connectivity index (χ0n) is 16.5. The summed E-state index contributed by atoms with van der Waals surface area (Å²) in [4.78, 5) is 50.4. The van der Waals surface area contributed by atoms with E-state index in [4.69, 9.17) is 0 Å². The molecule has 9 nitrogen and oxygen atoms in total. The van der Waals surface area contributed by atoms with E-state index in [1.54, 1.807) is 12.1 Å². The molecule has 2 aliphatic rings. The molecule has 1 fully saturated rings. The van der Waals surface area contributed by atoms with E-state index in [1.165, 1.54) is 4.90 Å². The highest BCUT2D eigenvalue weighted by atomic mass is 16.2. The van der Waals surface area contributed by atoms with Gasteiger partial charge in [-0.3, -0.25) is 29.6 Å². The number of carbonyl (C=O) groups excluding carboxylic acids is 4. The molecule has 0 radical (unpaired) electrons. The normalized spacial score (nSPS) is 18.3. The van der Waals surface area contributed by atoms with E-state index in [9.17, 15) is 19.2 Å². The lowest BCUT2D eigenvalue weighted by molar-refractivity contribution is -0.136. The highest BCUT2D eigenvalue weighted by Crippen LogP contribution is 2.28. The molecule has 2 aliphatic heterocycles.